The Morgan fingerprint density at radius 1 is 1.30 bits per heavy atom. The van der Waals surface area contributed by atoms with Gasteiger partial charge in [-0.1, -0.05) is 34.6 Å². The predicted octanol–water partition coefficient (Wildman–Crippen LogP) is 2.79. The van der Waals surface area contributed by atoms with Gasteiger partial charge in [0.25, 0.3) is 10.0 Å². The molecule has 2 aromatic rings. The van der Waals surface area contributed by atoms with Crippen LogP contribution in [0.3, 0.4) is 0 Å². The average molecular weight is 439 g/mol. The zero-order valence-electron chi connectivity index (χ0n) is 18.3. The first-order valence-electron chi connectivity index (χ1n) is 10.1. The quantitative estimate of drug-likeness (QED) is 0.715. The molecule has 2 aromatic heterocycles. The Kier molecular flexibility index (Phi) is 6.11. The summed E-state index contributed by atoms with van der Waals surface area (Å²) in [6.45, 7) is 10.9. The van der Waals surface area contributed by atoms with Gasteiger partial charge in [0.15, 0.2) is 4.90 Å². The summed E-state index contributed by atoms with van der Waals surface area (Å²) in [5.74, 6) is 0.577. The van der Waals surface area contributed by atoms with Crippen LogP contribution in [0.25, 0.3) is 0 Å². The number of carbonyl (C=O) groups is 1. The number of carbonyl (C=O) groups excluding carboxylic acids is 1. The second-order valence-corrected chi connectivity index (χ2v) is 9.87. The molecule has 10 nitrogen and oxygen atoms in total. The molecule has 11 heteroatoms. The highest BCUT2D eigenvalue weighted by molar-refractivity contribution is 7.90. The molecule has 0 saturated heterocycles. The molecule has 0 aliphatic carbocycles. The van der Waals surface area contributed by atoms with Crippen LogP contribution in [-0.2, 0) is 23.6 Å². The second kappa shape index (κ2) is 8.29. The Bertz CT molecular complexity index is 1040. The van der Waals surface area contributed by atoms with Crippen molar-refractivity contribution < 1.29 is 17.9 Å². The molecule has 1 aliphatic heterocycles. The van der Waals surface area contributed by atoms with Crippen molar-refractivity contribution in [1.82, 2.24) is 24.3 Å². The summed E-state index contributed by atoms with van der Waals surface area (Å²) in [6, 6.07) is -0.853. The van der Waals surface area contributed by atoms with Gasteiger partial charge in [0.1, 0.15) is 0 Å². The van der Waals surface area contributed by atoms with Gasteiger partial charge in [-0.3, -0.25) is 4.68 Å². The molecule has 2 amide bonds. The lowest BCUT2D eigenvalue weighted by molar-refractivity contribution is 0.157. The molecule has 0 aromatic carbocycles. The predicted molar refractivity (Wildman–Crippen MR) is 112 cm³/mol. The van der Waals surface area contributed by atoms with Gasteiger partial charge in [-0.05, 0) is 18.3 Å². The van der Waals surface area contributed by atoms with E-state index in [0.29, 0.717) is 24.5 Å². The average Bonchev–Trinajstić information content (AvgIpc) is 3.21. The molecule has 0 bridgehead atoms. The monoisotopic (exact) mass is 438 g/mol. The van der Waals surface area contributed by atoms with E-state index >= 15 is 0 Å². The van der Waals surface area contributed by atoms with Gasteiger partial charge in [-0.25, -0.2) is 22.6 Å². The molecular formula is C19H30N6O4S. The van der Waals surface area contributed by atoms with E-state index < -0.39 is 16.1 Å². The van der Waals surface area contributed by atoms with E-state index in [0.717, 1.165) is 12.1 Å². The molecule has 3 rings (SSSR count). The third-order valence-corrected chi connectivity index (χ3v) is 6.50. The highest BCUT2D eigenvalue weighted by atomic mass is 32.2. The highest BCUT2D eigenvalue weighted by Crippen LogP contribution is 2.32. The fraction of sp³-hybridized carbons (Fsp3) is 0.632. The lowest BCUT2D eigenvalue weighted by atomic mass is 10.0. The van der Waals surface area contributed by atoms with Crippen LogP contribution >= 0.6 is 0 Å². The minimum absolute atomic E-state index is 0.0539. The minimum atomic E-state index is -4.16. The van der Waals surface area contributed by atoms with Crippen LogP contribution in [0.5, 0.6) is 5.88 Å². The maximum absolute atomic E-state index is 12.8. The van der Waals surface area contributed by atoms with E-state index in [-0.39, 0.29) is 28.5 Å². The number of rotatable bonds is 6. The van der Waals surface area contributed by atoms with Gasteiger partial charge in [-0.15, -0.1) is 0 Å². The van der Waals surface area contributed by atoms with Crippen molar-refractivity contribution in [3.63, 3.8) is 0 Å². The first-order valence-corrected chi connectivity index (χ1v) is 11.6. The van der Waals surface area contributed by atoms with Crippen molar-refractivity contribution >= 4 is 21.7 Å². The number of aromatic nitrogens is 4. The second-order valence-electron chi connectivity index (χ2n) is 8.22. The number of urea groups is 1. The van der Waals surface area contributed by atoms with E-state index in [1.165, 1.54) is 10.9 Å². The number of hydrogen-bond acceptors (Lipinski definition) is 6. The number of ether oxygens (including phenoxy) is 1. The smallest absolute Gasteiger partial charge is 0.333 e. The molecule has 1 atom stereocenters. The van der Waals surface area contributed by atoms with Crippen molar-refractivity contribution in [1.29, 1.82) is 0 Å². The molecule has 0 fully saturated rings. The molecule has 166 valence electrons. The third kappa shape index (κ3) is 4.16. The van der Waals surface area contributed by atoms with Gasteiger partial charge >= 0.3 is 6.03 Å². The van der Waals surface area contributed by atoms with Gasteiger partial charge in [0, 0.05) is 13.0 Å². The maximum atomic E-state index is 12.8. The summed E-state index contributed by atoms with van der Waals surface area (Å²) in [4.78, 5) is 12.5. The largest absolute Gasteiger partial charge is 0.476 e. The molecule has 0 saturated carbocycles. The van der Waals surface area contributed by atoms with Gasteiger partial charge < -0.3 is 10.1 Å². The number of hydrogen-bond donors (Lipinski definition) is 2. The van der Waals surface area contributed by atoms with Crippen LogP contribution in [0.4, 0.5) is 10.5 Å². The lowest BCUT2D eigenvalue weighted by Crippen LogP contribution is -2.35. The molecular weight excluding hydrogens is 408 g/mol. The number of sulfonamides is 1. The summed E-state index contributed by atoms with van der Waals surface area (Å²) in [6.07, 6.45) is 2.12. The molecule has 30 heavy (non-hydrogen) atoms. The Labute approximate surface area is 177 Å². The van der Waals surface area contributed by atoms with Gasteiger partial charge in [0.2, 0.25) is 5.88 Å². The van der Waals surface area contributed by atoms with Crippen LogP contribution in [0.15, 0.2) is 11.1 Å². The number of nitrogens with one attached hydrogen (secondary N) is 2. The van der Waals surface area contributed by atoms with E-state index in [2.05, 4.69) is 20.2 Å². The molecule has 0 radical (unpaired) electrons. The summed E-state index contributed by atoms with van der Waals surface area (Å²) >= 11 is 0. The number of anilines is 1. The van der Waals surface area contributed by atoms with Crippen LogP contribution in [-0.4, -0.2) is 40.6 Å². The molecule has 3 heterocycles. The zero-order valence-corrected chi connectivity index (χ0v) is 19.1. The molecule has 0 spiro atoms. The first kappa shape index (κ1) is 22.1. The fourth-order valence-electron chi connectivity index (χ4n) is 3.63. The normalized spacial score (nSPS) is 16.5. The van der Waals surface area contributed by atoms with E-state index in [4.69, 9.17) is 4.74 Å². The van der Waals surface area contributed by atoms with Crippen LogP contribution in [0, 0.1) is 5.92 Å². The number of nitrogens with zero attached hydrogens (tertiary/aromatic N) is 4. The Morgan fingerprint density at radius 3 is 2.60 bits per heavy atom. The summed E-state index contributed by atoms with van der Waals surface area (Å²) in [5, 5.41) is 11.3. The molecule has 1 aliphatic rings. The van der Waals surface area contributed by atoms with Crippen molar-refractivity contribution in [3.05, 3.63) is 17.6 Å². The van der Waals surface area contributed by atoms with E-state index in [9.17, 15) is 13.2 Å². The number of fused-ring (bicyclic) bond motifs is 1. The van der Waals surface area contributed by atoms with E-state index in [1.54, 1.807) is 11.7 Å². The van der Waals surface area contributed by atoms with Gasteiger partial charge in [0.05, 0.1) is 36.4 Å². The lowest BCUT2D eigenvalue weighted by Gasteiger charge is -2.23. The highest BCUT2D eigenvalue weighted by Gasteiger charge is 2.31. The minimum Gasteiger partial charge on any atom is -0.476 e. The topological polar surface area (TPSA) is 120 Å². The SMILES string of the molecule is CCC1COc2c(S(=O)(=O)NC(=O)Nc3c(C(C)C)nn(C)c3C(C)C)cnn2C1. The summed E-state index contributed by atoms with van der Waals surface area (Å²) in [5.41, 5.74) is 2.06. The molecule has 2 N–H and O–H groups in total. The summed E-state index contributed by atoms with van der Waals surface area (Å²) in [7, 11) is -2.35. The Morgan fingerprint density at radius 2 is 2.00 bits per heavy atom. The fourth-order valence-corrected chi connectivity index (χ4v) is 4.61. The maximum Gasteiger partial charge on any atom is 0.333 e. The van der Waals surface area contributed by atoms with Crippen LogP contribution < -0.4 is 14.8 Å². The number of aryl methyl sites for hydroxylation is 1. The van der Waals surface area contributed by atoms with Crippen molar-refractivity contribution in [3.8, 4) is 5.88 Å². The third-order valence-electron chi connectivity index (χ3n) is 5.19. The first-order chi connectivity index (χ1) is 14.0. The van der Waals surface area contributed by atoms with Crippen LogP contribution in [0.1, 0.15) is 64.3 Å². The van der Waals surface area contributed by atoms with Crippen molar-refractivity contribution in [2.75, 3.05) is 11.9 Å². The van der Waals surface area contributed by atoms with Crippen molar-refractivity contribution in [2.24, 2.45) is 13.0 Å². The Hall–Kier alpha value is -2.56. The zero-order chi connectivity index (χ0) is 22.2. The van der Waals surface area contributed by atoms with Crippen LogP contribution in [0.2, 0.25) is 0 Å². The van der Waals surface area contributed by atoms with Gasteiger partial charge in [-0.2, -0.15) is 10.2 Å². The number of amides is 2. The molecule has 1 unspecified atom stereocenters. The Balaban J connectivity index is 1.83. The summed E-state index contributed by atoms with van der Waals surface area (Å²) < 4.78 is 36.6. The standard InChI is InChI=1S/C19H30N6O4S/c1-7-13-9-25-18(29-10-13)14(8-20-25)30(27,28)23-19(26)21-16-15(11(2)3)22-24(6)17(16)12(4)5/h8,11-13H,7,9-10H2,1-6H3,(H2,21,23,26). The van der Waals surface area contributed by atoms with E-state index in [1.807, 2.05) is 34.6 Å². The van der Waals surface area contributed by atoms with Crippen molar-refractivity contribution in [2.45, 2.75) is 64.3 Å².